The highest BCUT2D eigenvalue weighted by Gasteiger charge is 2.02. The van der Waals surface area contributed by atoms with Crippen LogP contribution in [0.1, 0.15) is 10.4 Å². The zero-order valence-corrected chi connectivity index (χ0v) is 8.14. The molecular weight excluding hydrogens is 196 g/mol. The maximum absolute atomic E-state index is 8.72. The SMILES string of the molecule is N#Cc1cn[nH]c1NCc1cccs1. The van der Waals surface area contributed by atoms with Crippen molar-refractivity contribution in [2.24, 2.45) is 0 Å². The second kappa shape index (κ2) is 3.94. The van der Waals surface area contributed by atoms with Crippen molar-refractivity contribution in [1.29, 1.82) is 5.26 Å². The number of nitriles is 1. The molecule has 0 saturated carbocycles. The summed E-state index contributed by atoms with van der Waals surface area (Å²) >= 11 is 1.68. The van der Waals surface area contributed by atoms with Gasteiger partial charge < -0.3 is 5.32 Å². The molecule has 0 atom stereocenters. The lowest BCUT2D eigenvalue weighted by atomic mass is 10.3. The number of nitrogens with one attached hydrogen (secondary N) is 2. The topological polar surface area (TPSA) is 64.5 Å². The molecule has 0 fully saturated rings. The summed E-state index contributed by atoms with van der Waals surface area (Å²) in [4.78, 5) is 1.23. The Morgan fingerprint density at radius 2 is 2.57 bits per heavy atom. The Balaban J connectivity index is 2.02. The lowest BCUT2D eigenvalue weighted by molar-refractivity contribution is 1.06. The summed E-state index contributed by atoms with van der Waals surface area (Å²) in [6.07, 6.45) is 1.51. The monoisotopic (exact) mass is 204 g/mol. The van der Waals surface area contributed by atoms with Crippen molar-refractivity contribution in [2.45, 2.75) is 6.54 Å². The van der Waals surface area contributed by atoms with E-state index in [0.717, 1.165) is 0 Å². The number of aromatic nitrogens is 2. The van der Waals surface area contributed by atoms with Crippen molar-refractivity contribution in [2.75, 3.05) is 5.32 Å². The molecule has 0 saturated heterocycles. The van der Waals surface area contributed by atoms with Crippen LogP contribution in [-0.4, -0.2) is 10.2 Å². The summed E-state index contributed by atoms with van der Waals surface area (Å²) in [5, 5.41) is 20.4. The van der Waals surface area contributed by atoms with Gasteiger partial charge in [0.2, 0.25) is 0 Å². The highest BCUT2D eigenvalue weighted by atomic mass is 32.1. The van der Waals surface area contributed by atoms with E-state index in [1.807, 2.05) is 17.5 Å². The third-order valence-electron chi connectivity index (χ3n) is 1.78. The molecule has 0 spiro atoms. The van der Waals surface area contributed by atoms with E-state index in [1.54, 1.807) is 11.3 Å². The van der Waals surface area contributed by atoms with Crippen LogP contribution < -0.4 is 5.32 Å². The lowest BCUT2D eigenvalue weighted by Crippen LogP contribution is -1.99. The first-order valence-electron chi connectivity index (χ1n) is 4.10. The summed E-state index contributed by atoms with van der Waals surface area (Å²) in [6.45, 7) is 0.717. The van der Waals surface area contributed by atoms with E-state index in [2.05, 4.69) is 21.6 Å². The first-order chi connectivity index (χ1) is 6.90. The first kappa shape index (κ1) is 8.78. The number of hydrogen-bond acceptors (Lipinski definition) is 4. The minimum absolute atomic E-state index is 0.543. The second-order valence-corrected chi connectivity index (χ2v) is 3.74. The van der Waals surface area contributed by atoms with Gasteiger partial charge in [0, 0.05) is 4.88 Å². The molecule has 0 aliphatic rings. The van der Waals surface area contributed by atoms with Gasteiger partial charge in [0.25, 0.3) is 0 Å². The third kappa shape index (κ3) is 1.75. The normalized spacial score (nSPS) is 9.64. The number of hydrogen-bond donors (Lipinski definition) is 2. The summed E-state index contributed by atoms with van der Waals surface area (Å²) < 4.78 is 0. The second-order valence-electron chi connectivity index (χ2n) is 2.70. The molecule has 70 valence electrons. The molecule has 2 aromatic rings. The van der Waals surface area contributed by atoms with Crippen LogP contribution in [0, 0.1) is 11.3 Å². The van der Waals surface area contributed by atoms with Crippen molar-refractivity contribution >= 4 is 17.2 Å². The van der Waals surface area contributed by atoms with E-state index >= 15 is 0 Å². The van der Waals surface area contributed by atoms with Gasteiger partial charge >= 0.3 is 0 Å². The van der Waals surface area contributed by atoms with Gasteiger partial charge in [-0.1, -0.05) is 6.07 Å². The van der Waals surface area contributed by atoms with E-state index < -0.39 is 0 Å². The minimum atomic E-state index is 0.543. The van der Waals surface area contributed by atoms with Crippen LogP contribution in [0.2, 0.25) is 0 Å². The zero-order valence-electron chi connectivity index (χ0n) is 7.32. The summed E-state index contributed by atoms with van der Waals surface area (Å²) in [6, 6.07) is 6.09. The zero-order chi connectivity index (χ0) is 9.80. The van der Waals surface area contributed by atoms with Gasteiger partial charge in [0.1, 0.15) is 17.5 Å². The van der Waals surface area contributed by atoms with Gasteiger partial charge in [-0.05, 0) is 11.4 Å². The van der Waals surface area contributed by atoms with E-state index in [9.17, 15) is 0 Å². The van der Waals surface area contributed by atoms with Gasteiger partial charge in [-0.3, -0.25) is 5.10 Å². The van der Waals surface area contributed by atoms with Gasteiger partial charge in [0.05, 0.1) is 12.7 Å². The Hall–Kier alpha value is -1.80. The molecule has 0 aliphatic heterocycles. The van der Waals surface area contributed by atoms with Crippen LogP contribution in [0.5, 0.6) is 0 Å². The van der Waals surface area contributed by atoms with E-state index in [1.165, 1.54) is 11.1 Å². The number of nitrogens with zero attached hydrogens (tertiary/aromatic N) is 2. The van der Waals surface area contributed by atoms with Crippen molar-refractivity contribution in [1.82, 2.24) is 10.2 Å². The van der Waals surface area contributed by atoms with Crippen LogP contribution in [-0.2, 0) is 6.54 Å². The van der Waals surface area contributed by atoms with Crippen LogP contribution in [0.4, 0.5) is 5.82 Å². The standard InChI is InChI=1S/C9H8N4S/c10-4-7-5-12-13-9(7)11-6-8-2-1-3-14-8/h1-3,5H,6H2,(H2,11,12,13). The average molecular weight is 204 g/mol. The molecule has 2 aromatic heterocycles. The molecule has 5 heteroatoms. The first-order valence-corrected chi connectivity index (χ1v) is 4.98. The molecule has 0 aliphatic carbocycles. The fraction of sp³-hybridized carbons (Fsp3) is 0.111. The van der Waals surface area contributed by atoms with Crippen LogP contribution in [0.3, 0.4) is 0 Å². The molecule has 0 radical (unpaired) electrons. The maximum Gasteiger partial charge on any atom is 0.139 e. The predicted octanol–water partition coefficient (Wildman–Crippen LogP) is 1.95. The third-order valence-corrected chi connectivity index (χ3v) is 2.66. The highest BCUT2D eigenvalue weighted by Crippen LogP contribution is 2.13. The van der Waals surface area contributed by atoms with E-state index in [4.69, 9.17) is 5.26 Å². The number of rotatable bonds is 3. The Morgan fingerprint density at radius 3 is 3.29 bits per heavy atom. The van der Waals surface area contributed by atoms with Crippen molar-refractivity contribution in [3.05, 3.63) is 34.2 Å². The van der Waals surface area contributed by atoms with Crippen molar-refractivity contribution in [3.8, 4) is 6.07 Å². The van der Waals surface area contributed by atoms with Crippen LogP contribution >= 0.6 is 11.3 Å². The quantitative estimate of drug-likeness (QED) is 0.803. The number of H-pyrrole nitrogens is 1. The molecule has 14 heavy (non-hydrogen) atoms. The maximum atomic E-state index is 8.72. The Bertz CT molecular complexity index is 438. The summed E-state index contributed by atoms with van der Waals surface area (Å²) in [5.74, 6) is 0.681. The summed E-state index contributed by atoms with van der Waals surface area (Å²) in [7, 11) is 0. The highest BCUT2D eigenvalue weighted by molar-refractivity contribution is 7.09. The van der Waals surface area contributed by atoms with Crippen LogP contribution in [0.25, 0.3) is 0 Å². The van der Waals surface area contributed by atoms with Gasteiger partial charge in [-0.2, -0.15) is 10.4 Å². The fourth-order valence-electron chi connectivity index (χ4n) is 1.09. The predicted molar refractivity (Wildman–Crippen MR) is 54.9 cm³/mol. The molecule has 0 amide bonds. The average Bonchev–Trinajstić information content (AvgIpc) is 2.85. The number of thiophene rings is 1. The fourth-order valence-corrected chi connectivity index (χ4v) is 1.74. The Labute approximate surface area is 85.2 Å². The van der Waals surface area contributed by atoms with Gasteiger partial charge in [-0.15, -0.1) is 11.3 Å². The largest absolute Gasteiger partial charge is 0.364 e. The summed E-state index contributed by atoms with van der Waals surface area (Å²) in [5.41, 5.74) is 0.543. The molecule has 2 N–H and O–H groups in total. The lowest BCUT2D eigenvalue weighted by Gasteiger charge is -2.00. The molecule has 0 bridgehead atoms. The van der Waals surface area contributed by atoms with Crippen LogP contribution in [0.15, 0.2) is 23.7 Å². The molecule has 2 rings (SSSR count). The van der Waals surface area contributed by atoms with Crippen molar-refractivity contribution in [3.63, 3.8) is 0 Å². The smallest absolute Gasteiger partial charge is 0.139 e. The molecule has 4 nitrogen and oxygen atoms in total. The molecular formula is C9H8N4S. The molecule has 0 aromatic carbocycles. The van der Waals surface area contributed by atoms with Gasteiger partial charge in [-0.25, -0.2) is 0 Å². The van der Waals surface area contributed by atoms with E-state index in [-0.39, 0.29) is 0 Å². The number of anilines is 1. The van der Waals surface area contributed by atoms with Crippen molar-refractivity contribution < 1.29 is 0 Å². The minimum Gasteiger partial charge on any atom is -0.364 e. The van der Waals surface area contributed by atoms with E-state index in [0.29, 0.717) is 17.9 Å². The Kier molecular flexibility index (Phi) is 2.47. The number of aromatic amines is 1. The van der Waals surface area contributed by atoms with Gasteiger partial charge in [0.15, 0.2) is 0 Å². The Morgan fingerprint density at radius 1 is 1.64 bits per heavy atom. The molecule has 0 unspecified atom stereocenters. The molecule has 2 heterocycles.